The number of hydrogen-bond donors (Lipinski definition) is 1. The van der Waals surface area contributed by atoms with Crippen LogP contribution < -0.4 is 10.1 Å². The van der Waals surface area contributed by atoms with Crippen molar-refractivity contribution in [1.29, 1.82) is 0 Å². The van der Waals surface area contributed by atoms with E-state index < -0.39 is 18.1 Å². The van der Waals surface area contributed by atoms with Crippen molar-refractivity contribution in [3.05, 3.63) is 71.6 Å². The molecule has 0 aromatic heterocycles. The van der Waals surface area contributed by atoms with Crippen LogP contribution in [0.4, 0.5) is 17.6 Å². The van der Waals surface area contributed by atoms with Gasteiger partial charge in [0.2, 0.25) is 5.91 Å². The molecule has 0 spiro atoms. The van der Waals surface area contributed by atoms with Crippen LogP contribution in [0.1, 0.15) is 11.1 Å². The number of alkyl halides is 3. The van der Waals surface area contributed by atoms with Crippen LogP contribution in [0.15, 0.2) is 54.6 Å². The van der Waals surface area contributed by atoms with Crippen LogP contribution in [0, 0.1) is 5.82 Å². The highest BCUT2D eigenvalue weighted by Gasteiger charge is 2.30. The van der Waals surface area contributed by atoms with Crippen LogP contribution in [-0.2, 0) is 11.3 Å². The zero-order valence-corrected chi connectivity index (χ0v) is 12.3. The number of benzene rings is 2. The maximum Gasteiger partial charge on any atom is 0.573 e. The lowest BCUT2D eigenvalue weighted by atomic mass is 10.2. The van der Waals surface area contributed by atoms with Crippen LogP contribution in [-0.4, -0.2) is 12.3 Å². The van der Waals surface area contributed by atoms with Gasteiger partial charge in [-0.15, -0.1) is 13.2 Å². The van der Waals surface area contributed by atoms with Crippen molar-refractivity contribution in [1.82, 2.24) is 5.32 Å². The van der Waals surface area contributed by atoms with Gasteiger partial charge >= 0.3 is 6.36 Å². The Hall–Kier alpha value is -2.83. The number of carbonyl (C=O) groups excluding carboxylic acids is 1. The Labute approximate surface area is 135 Å². The molecular formula is C17H13F4NO2. The predicted octanol–water partition coefficient (Wildman–Crippen LogP) is 4.05. The molecule has 0 bridgehead atoms. The summed E-state index contributed by atoms with van der Waals surface area (Å²) in [6.07, 6.45) is -2.11. The van der Waals surface area contributed by atoms with Crippen LogP contribution in [0.25, 0.3) is 6.08 Å². The number of amides is 1. The Balaban J connectivity index is 1.88. The van der Waals surface area contributed by atoms with E-state index in [2.05, 4.69) is 10.1 Å². The molecular weight excluding hydrogens is 326 g/mol. The minimum atomic E-state index is -4.75. The summed E-state index contributed by atoms with van der Waals surface area (Å²) in [6, 6.07) is 11.1. The molecule has 2 rings (SSSR count). The van der Waals surface area contributed by atoms with Crippen molar-refractivity contribution in [3.63, 3.8) is 0 Å². The second kappa shape index (κ2) is 7.63. The molecule has 0 saturated carbocycles. The fourth-order valence-corrected chi connectivity index (χ4v) is 1.84. The molecule has 24 heavy (non-hydrogen) atoms. The van der Waals surface area contributed by atoms with Crippen LogP contribution >= 0.6 is 0 Å². The average Bonchev–Trinajstić information content (AvgIpc) is 2.52. The van der Waals surface area contributed by atoms with Crippen LogP contribution in [0.3, 0.4) is 0 Å². The van der Waals surface area contributed by atoms with E-state index in [0.29, 0.717) is 11.1 Å². The van der Waals surface area contributed by atoms with Gasteiger partial charge in [-0.05, 0) is 29.8 Å². The second-order valence-electron chi connectivity index (χ2n) is 4.76. The summed E-state index contributed by atoms with van der Waals surface area (Å²) in [6.45, 7) is 0.0359. The lowest BCUT2D eigenvalue weighted by Crippen LogP contribution is -2.20. The first-order valence-electron chi connectivity index (χ1n) is 6.88. The molecule has 0 aliphatic rings. The Morgan fingerprint density at radius 2 is 1.75 bits per heavy atom. The van der Waals surface area contributed by atoms with Crippen molar-refractivity contribution < 1.29 is 27.1 Å². The third kappa shape index (κ3) is 5.75. The van der Waals surface area contributed by atoms with E-state index in [0.717, 1.165) is 12.1 Å². The van der Waals surface area contributed by atoms with Gasteiger partial charge in [0.25, 0.3) is 0 Å². The van der Waals surface area contributed by atoms with E-state index in [1.54, 1.807) is 18.2 Å². The highest BCUT2D eigenvalue weighted by molar-refractivity contribution is 5.91. The fraction of sp³-hybridized carbons (Fsp3) is 0.118. The van der Waals surface area contributed by atoms with E-state index >= 15 is 0 Å². The lowest BCUT2D eigenvalue weighted by Gasteiger charge is -2.08. The maximum atomic E-state index is 13.4. The molecule has 0 heterocycles. The molecule has 0 aliphatic carbocycles. The first-order valence-corrected chi connectivity index (χ1v) is 6.88. The summed E-state index contributed by atoms with van der Waals surface area (Å²) in [5.74, 6) is -1.21. The summed E-state index contributed by atoms with van der Waals surface area (Å²) >= 11 is 0. The van der Waals surface area contributed by atoms with Crippen molar-refractivity contribution in [2.24, 2.45) is 0 Å². The summed E-state index contributed by atoms with van der Waals surface area (Å²) in [4.78, 5) is 11.7. The Morgan fingerprint density at radius 1 is 1.08 bits per heavy atom. The Kier molecular flexibility index (Phi) is 5.57. The van der Waals surface area contributed by atoms with Gasteiger partial charge in [-0.2, -0.15) is 0 Å². The third-order valence-corrected chi connectivity index (χ3v) is 2.95. The number of halogens is 4. The topological polar surface area (TPSA) is 38.3 Å². The van der Waals surface area contributed by atoms with E-state index in [1.807, 2.05) is 0 Å². The minimum Gasteiger partial charge on any atom is -0.406 e. The van der Waals surface area contributed by atoms with Gasteiger partial charge in [0.15, 0.2) is 0 Å². The Bertz CT molecular complexity index is 724. The second-order valence-corrected chi connectivity index (χ2v) is 4.76. The van der Waals surface area contributed by atoms with Crippen molar-refractivity contribution in [2.45, 2.75) is 12.9 Å². The normalized spacial score (nSPS) is 11.5. The third-order valence-electron chi connectivity index (χ3n) is 2.95. The number of hydrogen-bond acceptors (Lipinski definition) is 2. The summed E-state index contributed by atoms with van der Waals surface area (Å²) in [7, 11) is 0. The summed E-state index contributed by atoms with van der Waals surface area (Å²) in [5, 5.41) is 2.51. The van der Waals surface area contributed by atoms with Gasteiger partial charge in [0.05, 0.1) is 0 Å². The average molecular weight is 339 g/mol. The number of ether oxygens (including phenoxy) is 1. The Morgan fingerprint density at radius 3 is 2.38 bits per heavy atom. The molecule has 1 N–H and O–H groups in total. The van der Waals surface area contributed by atoms with Crippen molar-refractivity contribution in [3.8, 4) is 5.75 Å². The monoisotopic (exact) mass is 339 g/mol. The van der Waals surface area contributed by atoms with Gasteiger partial charge in [0.1, 0.15) is 11.6 Å². The zero-order valence-electron chi connectivity index (χ0n) is 12.3. The first-order chi connectivity index (χ1) is 11.3. The van der Waals surface area contributed by atoms with Gasteiger partial charge in [-0.1, -0.05) is 30.3 Å². The molecule has 3 nitrogen and oxygen atoms in total. The van der Waals surface area contributed by atoms with E-state index in [9.17, 15) is 22.4 Å². The van der Waals surface area contributed by atoms with Gasteiger partial charge in [-0.3, -0.25) is 4.79 Å². The van der Waals surface area contributed by atoms with E-state index in [4.69, 9.17) is 0 Å². The van der Waals surface area contributed by atoms with E-state index in [1.165, 1.54) is 30.4 Å². The standard InChI is InChI=1S/C17H13F4NO2/c18-15-4-2-1-3-13(15)11-22-16(23)10-7-12-5-8-14(9-6-12)24-17(19,20)21/h1-10H,11H2,(H,22,23)/b10-7+. The molecule has 1 amide bonds. The molecule has 0 unspecified atom stereocenters. The first kappa shape index (κ1) is 17.5. The molecule has 2 aromatic rings. The molecule has 7 heteroatoms. The zero-order chi connectivity index (χ0) is 17.6. The maximum absolute atomic E-state index is 13.4. The van der Waals surface area contributed by atoms with Gasteiger partial charge in [0, 0.05) is 18.2 Å². The van der Waals surface area contributed by atoms with Crippen molar-refractivity contribution in [2.75, 3.05) is 0 Å². The lowest BCUT2D eigenvalue weighted by molar-refractivity contribution is -0.274. The smallest absolute Gasteiger partial charge is 0.406 e. The number of nitrogens with one attached hydrogen (secondary N) is 1. The molecule has 0 radical (unpaired) electrons. The van der Waals surface area contributed by atoms with Gasteiger partial charge in [-0.25, -0.2) is 4.39 Å². The van der Waals surface area contributed by atoms with Crippen LogP contribution in [0.5, 0.6) is 5.75 Å². The SMILES string of the molecule is O=C(/C=C/c1ccc(OC(F)(F)F)cc1)NCc1ccccc1F. The molecule has 0 atom stereocenters. The summed E-state index contributed by atoms with van der Waals surface area (Å²) in [5.41, 5.74) is 0.874. The number of carbonyl (C=O) groups is 1. The molecule has 0 saturated heterocycles. The minimum absolute atomic E-state index is 0.0359. The van der Waals surface area contributed by atoms with E-state index in [-0.39, 0.29) is 12.3 Å². The largest absolute Gasteiger partial charge is 0.573 e. The highest BCUT2D eigenvalue weighted by atomic mass is 19.4. The quantitative estimate of drug-likeness (QED) is 0.659. The predicted molar refractivity (Wildman–Crippen MR) is 80.4 cm³/mol. The van der Waals surface area contributed by atoms with Crippen LogP contribution in [0.2, 0.25) is 0 Å². The van der Waals surface area contributed by atoms with Crippen molar-refractivity contribution >= 4 is 12.0 Å². The fourth-order valence-electron chi connectivity index (χ4n) is 1.84. The highest BCUT2D eigenvalue weighted by Crippen LogP contribution is 2.22. The number of rotatable bonds is 5. The molecule has 126 valence electrons. The molecule has 0 fully saturated rings. The van der Waals surface area contributed by atoms with Gasteiger partial charge < -0.3 is 10.1 Å². The summed E-state index contributed by atoms with van der Waals surface area (Å²) < 4.78 is 53.2. The molecule has 0 aliphatic heterocycles. The molecule has 2 aromatic carbocycles.